The molecule has 82 valence electrons. The van der Waals surface area contributed by atoms with E-state index in [1.54, 1.807) is 5.57 Å². The Morgan fingerprint density at radius 1 is 1.43 bits per heavy atom. The first kappa shape index (κ1) is 11.7. The van der Waals surface area contributed by atoms with Crippen LogP contribution in [0.3, 0.4) is 0 Å². The van der Waals surface area contributed by atoms with E-state index in [0.29, 0.717) is 6.04 Å². The molecule has 1 heterocycles. The number of likely N-dealkylation sites (N-methyl/N-ethyl adjacent to an activating group) is 1. The molecule has 0 aromatic rings. The molecule has 2 nitrogen and oxygen atoms in total. The molecule has 1 aliphatic rings. The van der Waals surface area contributed by atoms with Gasteiger partial charge in [-0.1, -0.05) is 18.6 Å². The van der Waals surface area contributed by atoms with Gasteiger partial charge in [-0.3, -0.25) is 4.90 Å². The largest absolute Gasteiger partial charge is 0.304 e. The zero-order chi connectivity index (χ0) is 10.6. The van der Waals surface area contributed by atoms with Gasteiger partial charge in [-0.15, -0.1) is 0 Å². The second-order valence-corrected chi connectivity index (χ2v) is 4.38. The number of piperazine rings is 1. The SMILES string of the molecule is CC=C(CC)CN1CCN(C)CC1C. The Balaban J connectivity index is 2.44. The predicted molar refractivity (Wildman–Crippen MR) is 62.6 cm³/mol. The maximum atomic E-state index is 2.60. The zero-order valence-corrected chi connectivity index (χ0v) is 10.1. The molecule has 1 fully saturated rings. The van der Waals surface area contributed by atoms with Gasteiger partial charge in [0.05, 0.1) is 0 Å². The Morgan fingerprint density at radius 3 is 2.64 bits per heavy atom. The lowest BCUT2D eigenvalue weighted by Crippen LogP contribution is -2.50. The van der Waals surface area contributed by atoms with Crippen LogP contribution in [0.25, 0.3) is 0 Å². The average molecular weight is 196 g/mol. The minimum Gasteiger partial charge on any atom is -0.304 e. The first-order chi connectivity index (χ1) is 6.67. The van der Waals surface area contributed by atoms with Crippen LogP contribution in [0.1, 0.15) is 27.2 Å². The molecule has 1 unspecified atom stereocenters. The maximum absolute atomic E-state index is 2.60. The maximum Gasteiger partial charge on any atom is 0.0198 e. The molecule has 0 amide bonds. The summed E-state index contributed by atoms with van der Waals surface area (Å²) in [6.45, 7) is 11.5. The molecule has 14 heavy (non-hydrogen) atoms. The van der Waals surface area contributed by atoms with Crippen molar-refractivity contribution in [1.29, 1.82) is 0 Å². The summed E-state index contributed by atoms with van der Waals surface area (Å²) in [6.07, 6.45) is 3.46. The summed E-state index contributed by atoms with van der Waals surface area (Å²) in [5.41, 5.74) is 1.57. The molecular formula is C12H24N2. The molecule has 0 aromatic heterocycles. The highest BCUT2D eigenvalue weighted by molar-refractivity contribution is 5.03. The highest BCUT2D eigenvalue weighted by atomic mass is 15.3. The lowest BCUT2D eigenvalue weighted by Gasteiger charge is -2.38. The van der Waals surface area contributed by atoms with Gasteiger partial charge in [-0.2, -0.15) is 0 Å². The van der Waals surface area contributed by atoms with Crippen molar-refractivity contribution in [1.82, 2.24) is 9.80 Å². The fraction of sp³-hybridized carbons (Fsp3) is 0.833. The Morgan fingerprint density at radius 2 is 2.14 bits per heavy atom. The standard InChI is InChI=1S/C12H24N2/c1-5-12(6-2)10-14-8-7-13(4)9-11(14)3/h5,11H,6-10H2,1-4H3. The van der Waals surface area contributed by atoms with E-state index in [9.17, 15) is 0 Å². The van der Waals surface area contributed by atoms with Gasteiger partial charge in [0.2, 0.25) is 0 Å². The van der Waals surface area contributed by atoms with Gasteiger partial charge in [0.1, 0.15) is 0 Å². The van der Waals surface area contributed by atoms with Gasteiger partial charge >= 0.3 is 0 Å². The smallest absolute Gasteiger partial charge is 0.0198 e. The Kier molecular flexibility index (Phi) is 4.63. The minimum atomic E-state index is 0.704. The van der Waals surface area contributed by atoms with Crippen molar-refractivity contribution in [2.24, 2.45) is 0 Å². The summed E-state index contributed by atoms with van der Waals surface area (Å²) < 4.78 is 0. The van der Waals surface area contributed by atoms with Gasteiger partial charge in [0.15, 0.2) is 0 Å². The van der Waals surface area contributed by atoms with Gasteiger partial charge in [0.25, 0.3) is 0 Å². The van der Waals surface area contributed by atoms with E-state index in [0.717, 1.165) is 0 Å². The molecule has 1 rings (SSSR count). The van der Waals surface area contributed by atoms with Crippen LogP contribution in [0.4, 0.5) is 0 Å². The van der Waals surface area contributed by atoms with Crippen molar-refractivity contribution in [3.05, 3.63) is 11.6 Å². The van der Waals surface area contributed by atoms with E-state index in [1.165, 1.54) is 32.6 Å². The fourth-order valence-electron chi connectivity index (χ4n) is 2.08. The second kappa shape index (κ2) is 5.52. The molecule has 0 bridgehead atoms. The number of hydrogen-bond donors (Lipinski definition) is 0. The van der Waals surface area contributed by atoms with Crippen molar-refractivity contribution >= 4 is 0 Å². The molecule has 0 aliphatic carbocycles. The van der Waals surface area contributed by atoms with Gasteiger partial charge in [-0.25, -0.2) is 0 Å². The minimum absolute atomic E-state index is 0.704. The molecule has 0 saturated carbocycles. The first-order valence-electron chi connectivity index (χ1n) is 5.74. The Bertz CT molecular complexity index is 198. The summed E-state index contributed by atoms with van der Waals surface area (Å²) in [5, 5.41) is 0. The molecule has 1 aliphatic heterocycles. The van der Waals surface area contributed by atoms with Crippen LogP contribution >= 0.6 is 0 Å². The summed E-state index contributed by atoms with van der Waals surface area (Å²) in [7, 11) is 2.21. The van der Waals surface area contributed by atoms with Crippen LogP contribution in [-0.4, -0.2) is 49.1 Å². The number of rotatable bonds is 3. The topological polar surface area (TPSA) is 6.48 Å². The molecule has 0 aromatic carbocycles. The highest BCUT2D eigenvalue weighted by Gasteiger charge is 2.21. The van der Waals surface area contributed by atoms with E-state index < -0.39 is 0 Å². The average Bonchev–Trinajstić information content (AvgIpc) is 2.17. The molecule has 1 saturated heterocycles. The predicted octanol–water partition coefficient (Wildman–Crippen LogP) is 1.98. The van der Waals surface area contributed by atoms with Crippen molar-refractivity contribution in [3.8, 4) is 0 Å². The van der Waals surface area contributed by atoms with E-state index in [4.69, 9.17) is 0 Å². The summed E-state index contributed by atoms with van der Waals surface area (Å²) in [5.74, 6) is 0. The molecule has 0 spiro atoms. The third-order valence-corrected chi connectivity index (χ3v) is 3.24. The third kappa shape index (κ3) is 3.10. The molecule has 0 N–H and O–H groups in total. The Hall–Kier alpha value is -0.340. The van der Waals surface area contributed by atoms with Gasteiger partial charge < -0.3 is 4.90 Å². The number of nitrogens with zero attached hydrogens (tertiary/aromatic N) is 2. The monoisotopic (exact) mass is 196 g/mol. The van der Waals surface area contributed by atoms with E-state index in [2.05, 4.69) is 43.7 Å². The molecule has 2 heteroatoms. The summed E-state index contributed by atoms with van der Waals surface area (Å²) in [6, 6.07) is 0.704. The normalized spacial score (nSPS) is 26.9. The van der Waals surface area contributed by atoms with Gasteiger partial charge in [0, 0.05) is 32.2 Å². The van der Waals surface area contributed by atoms with Crippen LogP contribution in [-0.2, 0) is 0 Å². The number of allylic oxidation sites excluding steroid dienone is 1. The van der Waals surface area contributed by atoms with Crippen LogP contribution in [0.2, 0.25) is 0 Å². The molecule has 1 atom stereocenters. The number of hydrogen-bond acceptors (Lipinski definition) is 2. The quantitative estimate of drug-likeness (QED) is 0.637. The Labute approximate surface area is 88.6 Å². The van der Waals surface area contributed by atoms with E-state index >= 15 is 0 Å². The van der Waals surface area contributed by atoms with Crippen LogP contribution in [0.15, 0.2) is 11.6 Å². The van der Waals surface area contributed by atoms with Crippen LogP contribution in [0, 0.1) is 0 Å². The van der Waals surface area contributed by atoms with Crippen LogP contribution in [0.5, 0.6) is 0 Å². The van der Waals surface area contributed by atoms with Crippen molar-refractivity contribution in [2.75, 3.05) is 33.2 Å². The lowest BCUT2D eigenvalue weighted by atomic mass is 10.1. The molecule has 0 radical (unpaired) electrons. The van der Waals surface area contributed by atoms with Crippen molar-refractivity contribution in [3.63, 3.8) is 0 Å². The third-order valence-electron chi connectivity index (χ3n) is 3.24. The second-order valence-electron chi connectivity index (χ2n) is 4.38. The summed E-state index contributed by atoms with van der Waals surface area (Å²) in [4.78, 5) is 5.02. The summed E-state index contributed by atoms with van der Waals surface area (Å²) >= 11 is 0. The first-order valence-corrected chi connectivity index (χ1v) is 5.74. The molecular weight excluding hydrogens is 172 g/mol. The van der Waals surface area contributed by atoms with E-state index in [-0.39, 0.29) is 0 Å². The van der Waals surface area contributed by atoms with Crippen molar-refractivity contribution in [2.45, 2.75) is 33.2 Å². The van der Waals surface area contributed by atoms with Gasteiger partial charge in [-0.05, 0) is 27.3 Å². The zero-order valence-electron chi connectivity index (χ0n) is 10.1. The highest BCUT2D eigenvalue weighted by Crippen LogP contribution is 2.11. The lowest BCUT2D eigenvalue weighted by molar-refractivity contribution is 0.108. The van der Waals surface area contributed by atoms with E-state index in [1.807, 2.05) is 0 Å². The van der Waals surface area contributed by atoms with Crippen LogP contribution < -0.4 is 0 Å². The van der Waals surface area contributed by atoms with Crippen molar-refractivity contribution < 1.29 is 0 Å². The fourth-order valence-corrected chi connectivity index (χ4v) is 2.08.